The Kier molecular flexibility index (Phi) is 5.61. The molecule has 0 N–H and O–H groups in total. The Balaban J connectivity index is 1.54. The lowest BCUT2D eigenvalue weighted by Crippen LogP contribution is -2.29. The number of carbonyl (C=O) groups excluding carboxylic acids is 1. The molecule has 1 saturated heterocycles. The summed E-state index contributed by atoms with van der Waals surface area (Å²) in [4.78, 5) is 24.1. The van der Waals surface area contributed by atoms with Crippen molar-refractivity contribution in [3.05, 3.63) is 70.6 Å². The molecule has 32 heavy (non-hydrogen) atoms. The number of carbonyl (C=O) groups is 1. The number of amides is 1. The summed E-state index contributed by atoms with van der Waals surface area (Å²) in [6.07, 6.45) is 0. The maximum Gasteiger partial charge on any atom is 0.269 e. The first-order valence-electron chi connectivity index (χ1n) is 10.6. The lowest BCUT2D eigenvalue weighted by Gasteiger charge is -2.19. The molecule has 162 valence electrons. The highest BCUT2D eigenvalue weighted by molar-refractivity contribution is 8.19. The van der Waals surface area contributed by atoms with Crippen LogP contribution in [0.2, 0.25) is 0 Å². The van der Waals surface area contributed by atoms with Crippen LogP contribution in [-0.2, 0) is 4.79 Å². The second-order valence-electron chi connectivity index (χ2n) is 7.39. The molecule has 0 atom stereocenters. The van der Waals surface area contributed by atoms with E-state index in [9.17, 15) is 4.79 Å². The van der Waals surface area contributed by atoms with E-state index in [0.29, 0.717) is 6.54 Å². The molecule has 5 rings (SSSR count). The zero-order valence-electron chi connectivity index (χ0n) is 18.2. The van der Waals surface area contributed by atoms with Crippen LogP contribution in [0.25, 0.3) is 10.8 Å². The number of aliphatic imine (C=N–C) groups is 1. The van der Waals surface area contributed by atoms with E-state index in [1.54, 1.807) is 23.8 Å². The van der Waals surface area contributed by atoms with Crippen LogP contribution in [0.15, 0.2) is 80.5 Å². The molecule has 2 aliphatic heterocycles. The molecule has 3 aromatic carbocycles. The summed E-state index contributed by atoms with van der Waals surface area (Å²) >= 11 is 3.10. The second kappa shape index (κ2) is 8.56. The summed E-state index contributed by atoms with van der Waals surface area (Å²) < 4.78 is 5.41. The van der Waals surface area contributed by atoms with Gasteiger partial charge in [0, 0.05) is 24.1 Å². The number of likely N-dealkylation sites (N-methyl/N-ethyl adjacent to an activating group) is 1. The number of fused-ring (bicyclic) bond motifs is 2. The largest absolute Gasteiger partial charge is 0.497 e. The smallest absolute Gasteiger partial charge is 0.269 e. The van der Waals surface area contributed by atoms with Crippen molar-refractivity contribution < 1.29 is 9.53 Å². The first kappa shape index (κ1) is 21.0. The third kappa shape index (κ3) is 3.55. The van der Waals surface area contributed by atoms with Crippen molar-refractivity contribution in [3.63, 3.8) is 0 Å². The minimum atomic E-state index is 0.0118. The molecule has 0 radical (unpaired) electrons. The highest BCUT2D eigenvalue weighted by Gasteiger charge is 2.39. The summed E-state index contributed by atoms with van der Waals surface area (Å²) in [5.74, 6) is 0.825. The van der Waals surface area contributed by atoms with Gasteiger partial charge in [0.15, 0.2) is 5.17 Å². The Hall–Kier alpha value is -2.90. The number of hydrogen-bond donors (Lipinski definition) is 0. The van der Waals surface area contributed by atoms with Gasteiger partial charge in [0.05, 0.1) is 18.5 Å². The molecule has 3 aromatic rings. The molecular weight excluding hydrogens is 438 g/mol. The lowest BCUT2D eigenvalue weighted by molar-refractivity contribution is -0.122. The second-order valence-corrected chi connectivity index (χ2v) is 9.40. The number of hydrogen-bond acceptors (Lipinski definition) is 6. The first-order chi connectivity index (χ1) is 15.6. The van der Waals surface area contributed by atoms with Crippen LogP contribution < -0.4 is 9.64 Å². The van der Waals surface area contributed by atoms with Crippen molar-refractivity contribution >= 4 is 56.7 Å². The van der Waals surface area contributed by atoms with Crippen molar-refractivity contribution in [1.29, 1.82) is 0 Å². The summed E-state index contributed by atoms with van der Waals surface area (Å²) in [7, 11) is 1.67. The SMILES string of the molecule is CCN1C(=O)/C(=C2\Sc3ccc(OC)cc3N2CC)SC1=Nc1ccc2ccccc2c1. The number of amidine groups is 1. The van der Waals surface area contributed by atoms with Gasteiger partial charge in [0.1, 0.15) is 15.7 Å². The number of rotatable bonds is 4. The van der Waals surface area contributed by atoms with E-state index in [4.69, 9.17) is 9.73 Å². The zero-order valence-corrected chi connectivity index (χ0v) is 19.8. The predicted octanol–water partition coefficient (Wildman–Crippen LogP) is 6.23. The lowest BCUT2D eigenvalue weighted by atomic mass is 10.1. The predicted molar refractivity (Wildman–Crippen MR) is 135 cm³/mol. The maximum absolute atomic E-state index is 13.4. The Labute approximate surface area is 196 Å². The Morgan fingerprint density at radius 3 is 2.44 bits per heavy atom. The van der Waals surface area contributed by atoms with Gasteiger partial charge in [-0.25, -0.2) is 4.99 Å². The van der Waals surface area contributed by atoms with E-state index in [1.165, 1.54) is 17.1 Å². The highest BCUT2D eigenvalue weighted by atomic mass is 32.2. The van der Waals surface area contributed by atoms with Gasteiger partial charge in [-0.05, 0) is 60.6 Å². The molecule has 7 heteroatoms. The molecule has 5 nitrogen and oxygen atoms in total. The summed E-state index contributed by atoms with van der Waals surface area (Å²) in [5.41, 5.74) is 1.93. The Morgan fingerprint density at radius 2 is 1.69 bits per heavy atom. The molecule has 0 aromatic heterocycles. The van der Waals surface area contributed by atoms with Gasteiger partial charge in [0.2, 0.25) is 0 Å². The molecule has 0 spiro atoms. The molecule has 1 fully saturated rings. The summed E-state index contributed by atoms with van der Waals surface area (Å²) in [6, 6.07) is 20.4. The summed E-state index contributed by atoms with van der Waals surface area (Å²) in [5, 5.41) is 4.00. The van der Waals surface area contributed by atoms with E-state index >= 15 is 0 Å². The first-order valence-corrected chi connectivity index (χ1v) is 12.2. The van der Waals surface area contributed by atoms with Crippen molar-refractivity contribution in [2.24, 2.45) is 4.99 Å². The normalized spacial score (nSPS) is 19.3. The standard InChI is InChI=1S/C25H23N3O2S2/c1-4-27-20-15-19(30-3)12-13-21(20)31-24(27)22-23(29)28(5-2)25(32-22)26-18-11-10-16-8-6-7-9-17(16)14-18/h6-15H,4-5H2,1-3H3/b24-22+,26-25?. The monoisotopic (exact) mass is 461 g/mol. The Morgan fingerprint density at radius 1 is 0.906 bits per heavy atom. The van der Waals surface area contributed by atoms with Crippen LogP contribution in [0.4, 0.5) is 11.4 Å². The van der Waals surface area contributed by atoms with Crippen LogP contribution in [0, 0.1) is 0 Å². The molecule has 2 heterocycles. The minimum Gasteiger partial charge on any atom is -0.497 e. The fourth-order valence-electron chi connectivity index (χ4n) is 3.93. The molecule has 2 aliphatic rings. The number of nitrogens with zero attached hydrogens (tertiary/aromatic N) is 3. The number of ether oxygens (including phenoxy) is 1. The molecule has 1 amide bonds. The molecule has 0 bridgehead atoms. The van der Waals surface area contributed by atoms with Gasteiger partial charge in [-0.15, -0.1) is 0 Å². The molecular formula is C25H23N3O2S2. The molecule has 0 unspecified atom stereocenters. The van der Waals surface area contributed by atoms with Gasteiger partial charge in [-0.2, -0.15) is 0 Å². The van der Waals surface area contributed by atoms with Crippen molar-refractivity contribution in [3.8, 4) is 5.75 Å². The third-order valence-corrected chi connectivity index (χ3v) is 7.94. The average Bonchev–Trinajstić information content (AvgIpc) is 3.34. The zero-order chi connectivity index (χ0) is 22.2. The summed E-state index contributed by atoms with van der Waals surface area (Å²) in [6.45, 7) is 5.43. The fraction of sp³-hybridized carbons (Fsp3) is 0.200. The van der Waals surface area contributed by atoms with Crippen molar-refractivity contribution in [2.45, 2.75) is 18.7 Å². The van der Waals surface area contributed by atoms with Gasteiger partial charge in [0.25, 0.3) is 5.91 Å². The van der Waals surface area contributed by atoms with E-state index in [0.717, 1.165) is 49.1 Å². The van der Waals surface area contributed by atoms with Crippen LogP contribution in [0.5, 0.6) is 5.75 Å². The molecule has 0 aliphatic carbocycles. The van der Waals surface area contributed by atoms with E-state index in [2.05, 4.69) is 42.2 Å². The maximum atomic E-state index is 13.4. The van der Waals surface area contributed by atoms with E-state index in [1.807, 2.05) is 37.3 Å². The minimum absolute atomic E-state index is 0.0118. The number of benzene rings is 3. The van der Waals surface area contributed by atoms with Crippen molar-refractivity contribution in [2.75, 3.05) is 25.1 Å². The van der Waals surface area contributed by atoms with Crippen molar-refractivity contribution in [1.82, 2.24) is 4.90 Å². The van der Waals surface area contributed by atoms with Gasteiger partial charge < -0.3 is 9.64 Å². The van der Waals surface area contributed by atoms with Gasteiger partial charge in [-0.1, -0.05) is 42.1 Å². The number of methoxy groups -OCH3 is 1. The highest BCUT2D eigenvalue weighted by Crippen LogP contribution is 2.51. The topological polar surface area (TPSA) is 45.1 Å². The number of thioether (sulfide) groups is 2. The van der Waals surface area contributed by atoms with Crippen LogP contribution in [-0.4, -0.2) is 36.2 Å². The quantitative estimate of drug-likeness (QED) is 0.431. The molecule has 0 saturated carbocycles. The van der Waals surface area contributed by atoms with Gasteiger partial charge >= 0.3 is 0 Å². The third-order valence-electron chi connectivity index (χ3n) is 5.56. The Bertz CT molecular complexity index is 1290. The van der Waals surface area contributed by atoms with E-state index < -0.39 is 0 Å². The average molecular weight is 462 g/mol. The van der Waals surface area contributed by atoms with Crippen LogP contribution in [0.3, 0.4) is 0 Å². The fourth-order valence-corrected chi connectivity index (χ4v) is 6.36. The number of anilines is 1. The van der Waals surface area contributed by atoms with Crippen LogP contribution >= 0.6 is 23.5 Å². The van der Waals surface area contributed by atoms with E-state index in [-0.39, 0.29) is 5.91 Å². The van der Waals surface area contributed by atoms with Gasteiger partial charge in [-0.3, -0.25) is 9.69 Å². The van der Waals surface area contributed by atoms with Crippen LogP contribution in [0.1, 0.15) is 13.8 Å².